The molecular formula is C61H42N2OS. The van der Waals surface area contributed by atoms with Crippen molar-refractivity contribution in [1.82, 2.24) is 0 Å². The van der Waals surface area contributed by atoms with Crippen LogP contribution >= 0.6 is 11.3 Å². The van der Waals surface area contributed by atoms with E-state index in [9.17, 15) is 0 Å². The van der Waals surface area contributed by atoms with Gasteiger partial charge in [-0.3, -0.25) is 0 Å². The molecule has 1 aliphatic carbocycles. The molecule has 0 spiro atoms. The van der Waals surface area contributed by atoms with Crippen LogP contribution < -0.4 is 9.80 Å². The molecule has 0 amide bonds. The molecule has 65 heavy (non-hydrogen) atoms. The molecule has 0 aliphatic heterocycles. The van der Waals surface area contributed by atoms with Crippen molar-refractivity contribution in [2.24, 2.45) is 0 Å². The lowest BCUT2D eigenvalue weighted by Crippen LogP contribution is -2.17. The summed E-state index contributed by atoms with van der Waals surface area (Å²) in [5.41, 5.74) is 15.5. The summed E-state index contributed by atoms with van der Waals surface area (Å²) >= 11 is 1.84. The molecule has 0 N–H and O–H groups in total. The van der Waals surface area contributed by atoms with Crippen LogP contribution in [0.2, 0.25) is 0 Å². The molecule has 0 bridgehead atoms. The van der Waals surface area contributed by atoms with Gasteiger partial charge in [0, 0.05) is 64.7 Å². The molecule has 0 unspecified atom stereocenters. The Bertz CT molecular complexity index is 3790. The molecule has 4 heteroatoms. The van der Waals surface area contributed by atoms with Gasteiger partial charge in [-0.05, 0) is 124 Å². The third-order valence-electron chi connectivity index (χ3n) is 13.6. The predicted molar refractivity (Wildman–Crippen MR) is 276 cm³/mol. The van der Waals surface area contributed by atoms with Gasteiger partial charge in [-0.25, -0.2) is 0 Å². The summed E-state index contributed by atoms with van der Waals surface area (Å²) in [7, 11) is 0. The fourth-order valence-electron chi connectivity index (χ4n) is 10.6. The van der Waals surface area contributed by atoms with E-state index < -0.39 is 0 Å². The number of furan rings is 1. The van der Waals surface area contributed by atoms with Gasteiger partial charge in [0.1, 0.15) is 5.58 Å². The minimum absolute atomic E-state index is 0.283. The topological polar surface area (TPSA) is 19.6 Å². The van der Waals surface area contributed by atoms with Crippen LogP contribution in [0.5, 0.6) is 0 Å². The lowest BCUT2D eigenvalue weighted by Gasteiger charge is -2.30. The van der Waals surface area contributed by atoms with Crippen molar-refractivity contribution < 1.29 is 4.42 Å². The standard InChI is InChI=1S/C61H42N2OS/c1-61(2)52-36-41(37-54(58(52)50-33-31-39-17-9-10-24-46(39)59(50)61)62(42-19-5-3-6-20-42)43-21-7-4-8-22-43)40-18-15-23-44(35-40)63(45-32-34-57-51(38-45)48-26-12-14-30-56(48)65-57)53-28-16-27-49-47-25-11-13-29-55(47)64-60(49)53/h3-38H,1-2H3. The minimum atomic E-state index is -0.283. The van der Waals surface area contributed by atoms with Crippen LogP contribution in [0.4, 0.5) is 34.1 Å². The number of para-hydroxylation sites is 4. The number of hydrogen-bond acceptors (Lipinski definition) is 4. The average molecular weight is 851 g/mol. The molecule has 0 fully saturated rings. The zero-order chi connectivity index (χ0) is 43.2. The van der Waals surface area contributed by atoms with Crippen molar-refractivity contribution in [2.45, 2.75) is 19.3 Å². The summed E-state index contributed by atoms with van der Waals surface area (Å²) in [4.78, 5) is 4.84. The molecule has 2 aromatic heterocycles. The zero-order valence-electron chi connectivity index (χ0n) is 36.0. The zero-order valence-corrected chi connectivity index (χ0v) is 36.8. The highest BCUT2D eigenvalue weighted by atomic mass is 32.1. The van der Waals surface area contributed by atoms with E-state index in [1.54, 1.807) is 0 Å². The van der Waals surface area contributed by atoms with Crippen LogP contribution in [-0.2, 0) is 5.41 Å². The van der Waals surface area contributed by atoms with Crippen molar-refractivity contribution in [2.75, 3.05) is 9.80 Å². The number of fused-ring (bicyclic) bond motifs is 11. The first-order valence-corrected chi connectivity index (χ1v) is 23.1. The fourth-order valence-corrected chi connectivity index (χ4v) is 11.7. The smallest absolute Gasteiger partial charge is 0.159 e. The molecule has 1 aliphatic rings. The Kier molecular flexibility index (Phi) is 8.43. The Morgan fingerprint density at radius 2 is 1.05 bits per heavy atom. The largest absolute Gasteiger partial charge is 0.454 e. The molecule has 12 aromatic rings. The second-order valence-electron chi connectivity index (χ2n) is 17.7. The summed E-state index contributed by atoms with van der Waals surface area (Å²) in [6.07, 6.45) is 0. The van der Waals surface area contributed by atoms with E-state index in [1.165, 1.54) is 53.2 Å². The van der Waals surface area contributed by atoms with Gasteiger partial charge >= 0.3 is 0 Å². The number of hydrogen-bond donors (Lipinski definition) is 0. The second-order valence-corrected chi connectivity index (χ2v) is 18.8. The van der Waals surface area contributed by atoms with Gasteiger partial charge in [0.25, 0.3) is 0 Å². The lowest BCUT2D eigenvalue weighted by molar-refractivity contribution is 0.666. The van der Waals surface area contributed by atoms with Gasteiger partial charge in [0.2, 0.25) is 0 Å². The number of anilines is 6. The quantitative estimate of drug-likeness (QED) is 0.159. The van der Waals surface area contributed by atoms with Gasteiger partial charge in [0.15, 0.2) is 5.58 Å². The number of thiophene rings is 1. The lowest BCUT2D eigenvalue weighted by atomic mass is 9.79. The Morgan fingerprint density at radius 1 is 0.415 bits per heavy atom. The molecular weight excluding hydrogens is 809 g/mol. The summed E-state index contributed by atoms with van der Waals surface area (Å²) < 4.78 is 9.34. The van der Waals surface area contributed by atoms with Crippen LogP contribution in [-0.4, -0.2) is 0 Å². The van der Waals surface area contributed by atoms with Crippen molar-refractivity contribution in [3.05, 3.63) is 230 Å². The van der Waals surface area contributed by atoms with E-state index in [2.05, 4.69) is 236 Å². The van der Waals surface area contributed by atoms with Gasteiger partial charge in [0.05, 0.1) is 11.4 Å². The summed E-state index contributed by atoms with van der Waals surface area (Å²) in [5.74, 6) is 0. The monoisotopic (exact) mass is 850 g/mol. The van der Waals surface area contributed by atoms with Crippen LogP contribution in [0.3, 0.4) is 0 Å². The van der Waals surface area contributed by atoms with Crippen molar-refractivity contribution >= 4 is 98.3 Å². The molecule has 308 valence electrons. The van der Waals surface area contributed by atoms with E-state index in [1.807, 2.05) is 17.4 Å². The highest BCUT2D eigenvalue weighted by Gasteiger charge is 2.40. The fraction of sp³-hybridized carbons (Fsp3) is 0.0492. The predicted octanol–water partition coefficient (Wildman–Crippen LogP) is 18.0. The molecule has 0 saturated carbocycles. The summed E-state index contributed by atoms with van der Waals surface area (Å²) in [5, 5.41) is 7.30. The molecule has 0 radical (unpaired) electrons. The summed E-state index contributed by atoms with van der Waals surface area (Å²) in [6, 6.07) is 79.6. The first-order chi connectivity index (χ1) is 32.0. The molecule has 0 atom stereocenters. The van der Waals surface area contributed by atoms with E-state index >= 15 is 0 Å². The maximum atomic E-state index is 6.78. The molecule has 3 nitrogen and oxygen atoms in total. The molecule has 13 rings (SSSR count). The third kappa shape index (κ3) is 5.88. The van der Waals surface area contributed by atoms with E-state index in [-0.39, 0.29) is 5.41 Å². The second kappa shape index (κ2) is 14.6. The normalized spacial score (nSPS) is 12.9. The Labute approximate surface area is 381 Å². The first kappa shape index (κ1) is 37.6. The Hall–Kier alpha value is -7.92. The van der Waals surface area contributed by atoms with Crippen molar-refractivity contribution in [1.29, 1.82) is 0 Å². The number of rotatable bonds is 7. The van der Waals surface area contributed by atoms with Crippen molar-refractivity contribution in [3.63, 3.8) is 0 Å². The number of nitrogens with zero attached hydrogens (tertiary/aromatic N) is 2. The Balaban J connectivity index is 1.06. The number of benzene rings is 10. The first-order valence-electron chi connectivity index (χ1n) is 22.3. The van der Waals surface area contributed by atoms with Gasteiger partial charge in [-0.1, -0.05) is 147 Å². The highest BCUT2D eigenvalue weighted by Crippen LogP contribution is 2.57. The summed E-state index contributed by atoms with van der Waals surface area (Å²) in [6.45, 7) is 4.81. The van der Waals surface area contributed by atoms with Crippen LogP contribution in [0.25, 0.3) is 75.1 Å². The van der Waals surface area contributed by atoms with Crippen LogP contribution in [0.15, 0.2) is 223 Å². The van der Waals surface area contributed by atoms with Gasteiger partial charge in [-0.2, -0.15) is 0 Å². The maximum Gasteiger partial charge on any atom is 0.159 e. The molecule has 10 aromatic carbocycles. The van der Waals surface area contributed by atoms with Crippen LogP contribution in [0.1, 0.15) is 25.0 Å². The van der Waals surface area contributed by atoms with Crippen molar-refractivity contribution in [3.8, 4) is 22.3 Å². The van der Waals surface area contributed by atoms with E-state index in [0.29, 0.717) is 0 Å². The third-order valence-corrected chi connectivity index (χ3v) is 14.7. The minimum Gasteiger partial charge on any atom is -0.454 e. The SMILES string of the molecule is CC1(C)c2cc(-c3cccc(N(c4ccc5sc6ccccc6c5c4)c4cccc5c4oc4ccccc45)c3)cc(N(c3ccccc3)c3ccccc3)c2-c2ccc3ccccc3c21. The maximum absolute atomic E-state index is 6.78. The van der Waals surface area contributed by atoms with Crippen LogP contribution in [0, 0.1) is 0 Å². The molecule has 2 heterocycles. The van der Waals surface area contributed by atoms with E-state index in [0.717, 1.165) is 67.2 Å². The molecule has 0 saturated heterocycles. The average Bonchev–Trinajstić information content (AvgIpc) is 4.00. The van der Waals surface area contributed by atoms with E-state index in [4.69, 9.17) is 4.42 Å². The Morgan fingerprint density at radius 3 is 1.86 bits per heavy atom. The highest BCUT2D eigenvalue weighted by molar-refractivity contribution is 7.25. The van der Waals surface area contributed by atoms with Gasteiger partial charge in [-0.15, -0.1) is 11.3 Å². The van der Waals surface area contributed by atoms with Gasteiger partial charge < -0.3 is 14.2 Å².